The minimum absolute atomic E-state index is 0.109. The highest BCUT2D eigenvalue weighted by molar-refractivity contribution is 5.79. The molecule has 3 heterocycles. The molecular weight excluding hydrogens is 326 g/mol. The molecule has 0 spiro atoms. The van der Waals surface area contributed by atoms with Crippen molar-refractivity contribution in [3.05, 3.63) is 48.0 Å². The highest BCUT2D eigenvalue weighted by atomic mass is 16.2. The SMILES string of the molecule is CCN1C(=O)C[C@@H](CNCc2cnn(CC(C)C)c2)[C@@H]1c1cccnc1. The lowest BCUT2D eigenvalue weighted by molar-refractivity contribution is -0.128. The molecule has 1 aliphatic rings. The van der Waals surface area contributed by atoms with Crippen LogP contribution in [0, 0.1) is 11.8 Å². The maximum atomic E-state index is 12.4. The van der Waals surface area contributed by atoms with Crippen LogP contribution in [-0.2, 0) is 17.9 Å². The molecule has 0 saturated carbocycles. The Hall–Kier alpha value is -2.21. The van der Waals surface area contributed by atoms with Crippen LogP contribution in [0.2, 0.25) is 0 Å². The molecule has 0 bridgehead atoms. The molecule has 2 aromatic rings. The van der Waals surface area contributed by atoms with Gasteiger partial charge in [0.1, 0.15) is 0 Å². The number of likely N-dealkylation sites (tertiary alicyclic amines) is 1. The zero-order valence-electron chi connectivity index (χ0n) is 15.9. The molecule has 6 heteroatoms. The van der Waals surface area contributed by atoms with Crippen LogP contribution in [0.4, 0.5) is 0 Å². The highest BCUT2D eigenvalue weighted by Gasteiger charge is 2.39. The van der Waals surface area contributed by atoms with Gasteiger partial charge in [-0.1, -0.05) is 19.9 Å². The molecule has 0 aliphatic carbocycles. The lowest BCUT2D eigenvalue weighted by Crippen LogP contribution is -2.31. The Morgan fingerprint density at radius 2 is 2.19 bits per heavy atom. The molecule has 3 rings (SSSR count). The standard InChI is InChI=1S/C20H29N5O/c1-4-25-19(26)8-18(20(25)17-6-5-7-21-11-17)12-22-9-16-10-23-24(14-16)13-15(2)3/h5-7,10-11,14-15,18,20,22H,4,8-9,12-13H2,1-3H3/t18-,20-/m0/s1. The van der Waals surface area contributed by atoms with E-state index in [1.165, 1.54) is 5.56 Å². The van der Waals surface area contributed by atoms with Gasteiger partial charge in [-0.05, 0) is 24.5 Å². The van der Waals surface area contributed by atoms with Crippen LogP contribution in [0.3, 0.4) is 0 Å². The Morgan fingerprint density at radius 1 is 1.35 bits per heavy atom. The van der Waals surface area contributed by atoms with E-state index in [-0.39, 0.29) is 17.9 Å². The summed E-state index contributed by atoms with van der Waals surface area (Å²) in [6.45, 7) is 9.66. The van der Waals surface area contributed by atoms with Crippen LogP contribution in [-0.4, -0.2) is 38.7 Å². The Morgan fingerprint density at radius 3 is 2.88 bits per heavy atom. The maximum Gasteiger partial charge on any atom is 0.223 e. The average Bonchev–Trinajstić information content (AvgIpc) is 3.18. The summed E-state index contributed by atoms with van der Waals surface area (Å²) in [7, 11) is 0. The molecule has 0 radical (unpaired) electrons. The second-order valence-electron chi connectivity index (χ2n) is 7.47. The van der Waals surface area contributed by atoms with Crippen molar-refractivity contribution in [3.63, 3.8) is 0 Å². The van der Waals surface area contributed by atoms with E-state index in [1.54, 1.807) is 6.20 Å². The topological polar surface area (TPSA) is 63.1 Å². The van der Waals surface area contributed by atoms with E-state index in [1.807, 2.05) is 35.0 Å². The van der Waals surface area contributed by atoms with Crippen LogP contribution < -0.4 is 5.32 Å². The largest absolute Gasteiger partial charge is 0.336 e. The van der Waals surface area contributed by atoms with Gasteiger partial charge in [0, 0.05) is 62.7 Å². The van der Waals surface area contributed by atoms with Crippen LogP contribution >= 0.6 is 0 Å². The third kappa shape index (κ3) is 4.30. The van der Waals surface area contributed by atoms with E-state index >= 15 is 0 Å². The van der Waals surface area contributed by atoms with Crippen molar-refractivity contribution in [1.29, 1.82) is 0 Å². The summed E-state index contributed by atoms with van der Waals surface area (Å²) in [5, 5.41) is 7.94. The van der Waals surface area contributed by atoms with E-state index in [9.17, 15) is 4.79 Å². The number of nitrogens with one attached hydrogen (secondary N) is 1. The monoisotopic (exact) mass is 355 g/mol. The first-order valence-corrected chi connectivity index (χ1v) is 9.50. The number of aromatic nitrogens is 3. The van der Waals surface area contributed by atoms with Gasteiger partial charge in [-0.15, -0.1) is 0 Å². The number of amides is 1. The summed E-state index contributed by atoms with van der Waals surface area (Å²) in [6.07, 6.45) is 8.27. The Balaban J connectivity index is 1.61. The first-order valence-electron chi connectivity index (χ1n) is 9.50. The van der Waals surface area contributed by atoms with E-state index in [0.29, 0.717) is 12.3 Å². The van der Waals surface area contributed by atoms with E-state index < -0.39 is 0 Å². The number of hydrogen-bond donors (Lipinski definition) is 1. The van der Waals surface area contributed by atoms with Gasteiger partial charge in [-0.25, -0.2) is 0 Å². The average molecular weight is 355 g/mol. The molecule has 2 aromatic heterocycles. The van der Waals surface area contributed by atoms with Gasteiger partial charge in [-0.2, -0.15) is 5.10 Å². The molecule has 140 valence electrons. The van der Waals surface area contributed by atoms with Crippen molar-refractivity contribution in [1.82, 2.24) is 25.0 Å². The lowest BCUT2D eigenvalue weighted by Gasteiger charge is -2.27. The second-order valence-corrected chi connectivity index (χ2v) is 7.47. The van der Waals surface area contributed by atoms with Gasteiger partial charge >= 0.3 is 0 Å². The molecule has 0 aromatic carbocycles. The molecule has 1 saturated heterocycles. The first-order chi connectivity index (χ1) is 12.6. The highest BCUT2D eigenvalue weighted by Crippen LogP contribution is 2.37. The lowest BCUT2D eigenvalue weighted by atomic mass is 9.94. The van der Waals surface area contributed by atoms with Crippen molar-refractivity contribution in [2.24, 2.45) is 11.8 Å². The molecule has 26 heavy (non-hydrogen) atoms. The summed E-state index contributed by atoms with van der Waals surface area (Å²) in [5.74, 6) is 1.08. The van der Waals surface area contributed by atoms with E-state index in [4.69, 9.17) is 0 Å². The number of nitrogens with zero attached hydrogens (tertiary/aromatic N) is 4. The minimum Gasteiger partial charge on any atom is -0.336 e. The van der Waals surface area contributed by atoms with Gasteiger partial charge in [-0.3, -0.25) is 14.5 Å². The molecule has 1 aliphatic heterocycles. The van der Waals surface area contributed by atoms with Gasteiger partial charge in [0.2, 0.25) is 5.91 Å². The maximum absolute atomic E-state index is 12.4. The van der Waals surface area contributed by atoms with Crippen molar-refractivity contribution < 1.29 is 4.79 Å². The minimum atomic E-state index is 0.109. The number of pyridine rings is 1. The van der Waals surface area contributed by atoms with Gasteiger partial charge in [0.25, 0.3) is 0 Å². The second kappa shape index (κ2) is 8.45. The molecule has 6 nitrogen and oxygen atoms in total. The molecule has 0 unspecified atom stereocenters. The van der Waals surface area contributed by atoms with Gasteiger partial charge in [0.15, 0.2) is 0 Å². The zero-order chi connectivity index (χ0) is 18.5. The normalized spacial score (nSPS) is 20.3. The van der Waals surface area contributed by atoms with Gasteiger partial charge in [0.05, 0.1) is 12.2 Å². The van der Waals surface area contributed by atoms with Gasteiger partial charge < -0.3 is 10.2 Å². The van der Waals surface area contributed by atoms with Crippen molar-refractivity contribution in [2.75, 3.05) is 13.1 Å². The number of hydrogen-bond acceptors (Lipinski definition) is 4. The van der Waals surface area contributed by atoms with Crippen molar-refractivity contribution in [2.45, 2.75) is 46.3 Å². The van der Waals surface area contributed by atoms with Crippen LogP contribution in [0.1, 0.15) is 44.4 Å². The predicted molar refractivity (Wildman–Crippen MR) is 101 cm³/mol. The number of rotatable bonds is 8. The third-order valence-corrected chi connectivity index (χ3v) is 4.88. The Kier molecular flexibility index (Phi) is 6.04. The summed E-state index contributed by atoms with van der Waals surface area (Å²) < 4.78 is 2.00. The van der Waals surface area contributed by atoms with Crippen LogP contribution in [0.15, 0.2) is 36.9 Å². The Bertz CT molecular complexity index is 712. The first kappa shape index (κ1) is 18.6. The molecule has 2 atom stereocenters. The molecule has 1 N–H and O–H groups in total. The summed E-state index contributed by atoms with van der Waals surface area (Å²) >= 11 is 0. The molecule has 1 amide bonds. The third-order valence-electron chi connectivity index (χ3n) is 4.88. The zero-order valence-corrected chi connectivity index (χ0v) is 15.9. The van der Waals surface area contributed by atoms with E-state index in [2.05, 4.69) is 41.5 Å². The number of carbonyl (C=O) groups excluding carboxylic acids is 1. The van der Waals surface area contributed by atoms with E-state index in [0.717, 1.165) is 31.7 Å². The predicted octanol–water partition coefficient (Wildman–Crippen LogP) is 2.63. The smallest absolute Gasteiger partial charge is 0.223 e. The van der Waals surface area contributed by atoms with Crippen molar-refractivity contribution in [3.8, 4) is 0 Å². The fraction of sp³-hybridized carbons (Fsp3) is 0.550. The molecule has 1 fully saturated rings. The van der Waals surface area contributed by atoms with Crippen molar-refractivity contribution >= 4 is 5.91 Å². The summed E-state index contributed by atoms with van der Waals surface area (Å²) in [6, 6.07) is 4.12. The van der Waals surface area contributed by atoms with Crippen LogP contribution in [0.5, 0.6) is 0 Å². The number of carbonyl (C=O) groups is 1. The molecular formula is C20H29N5O. The Labute approximate surface area is 155 Å². The quantitative estimate of drug-likeness (QED) is 0.791. The fourth-order valence-corrected chi connectivity index (χ4v) is 3.80. The summed E-state index contributed by atoms with van der Waals surface area (Å²) in [5.41, 5.74) is 2.30. The van der Waals surface area contributed by atoms with Crippen LogP contribution in [0.25, 0.3) is 0 Å². The summed E-state index contributed by atoms with van der Waals surface area (Å²) in [4.78, 5) is 18.6. The fourth-order valence-electron chi connectivity index (χ4n) is 3.80.